The maximum absolute atomic E-state index is 5.57. The molecule has 0 radical (unpaired) electrons. The van der Waals surface area contributed by atoms with Gasteiger partial charge in [0.2, 0.25) is 5.82 Å². The first-order valence-corrected chi connectivity index (χ1v) is 8.83. The Morgan fingerprint density at radius 3 is 2.92 bits per heavy atom. The van der Waals surface area contributed by atoms with Gasteiger partial charge in [0, 0.05) is 35.3 Å². The van der Waals surface area contributed by atoms with Crippen LogP contribution in [-0.4, -0.2) is 24.9 Å². The highest BCUT2D eigenvalue weighted by Gasteiger charge is 2.32. The lowest BCUT2D eigenvalue weighted by Crippen LogP contribution is -2.24. The summed E-state index contributed by atoms with van der Waals surface area (Å²) in [6, 6.07) is 3.84. The lowest BCUT2D eigenvalue weighted by Gasteiger charge is -2.30. The molecule has 0 spiro atoms. The molecule has 6 nitrogen and oxygen atoms in total. The molecule has 0 unspecified atom stereocenters. The monoisotopic (exact) mass is 337 g/mol. The number of hydrogen-bond donors (Lipinski definition) is 0. The Morgan fingerprint density at radius 1 is 1.32 bits per heavy atom. The van der Waals surface area contributed by atoms with Crippen LogP contribution in [0.15, 0.2) is 22.9 Å². The first kappa shape index (κ1) is 16.0. The summed E-state index contributed by atoms with van der Waals surface area (Å²) in [6.45, 7) is 9.55. The number of hydrogen-bond acceptors (Lipinski definition) is 5. The highest BCUT2D eigenvalue weighted by molar-refractivity contribution is 5.62. The van der Waals surface area contributed by atoms with Crippen molar-refractivity contribution in [3.8, 4) is 23.0 Å². The minimum absolute atomic E-state index is 0.310. The molecule has 3 heterocycles. The number of aryl methyl sites for hydroxylation is 2. The van der Waals surface area contributed by atoms with Gasteiger partial charge in [-0.25, -0.2) is 0 Å². The average molecular weight is 337 g/mol. The zero-order chi connectivity index (χ0) is 17.6. The third-order valence-corrected chi connectivity index (χ3v) is 5.04. The van der Waals surface area contributed by atoms with E-state index in [1.807, 2.05) is 19.1 Å². The molecule has 0 fully saturated rings. The smallest absolute Gasteiger partial charge is 0.279 e. The second-order valence-corrected chi connectivity index (χ2v) is 7.49. The molecule has 0 bridgehead atoms. The third-order valence-electron chi connectivity index (χ3n) is 5.04. The van der Waals surface area contributed by atoms with E-state index in [1.54, 1.807) is 6.20 Å². The summed E-state index contributed by atoms with van der Waals surface area (Å²) in [5, 5.41) is 8.94. The summed E-state index contributed by atoms with van der Waals surface area (Å²) in [5.41, 5.74) is 5.50. The summed E-state index contributed by atoms with van der Waals surface area (Å²) >= 11 is 0. The lowest BCUT2D eigenvalue weighted by molar-refractivity contribution is 0.304. The molecule has 0 N–H and O–H groups in total. The van der Waals surface area contributed by atoms with Gasteiger partial charge in [0.25, 0.3) is 5.89 Å². The van der Waals surface area contributed by atoms with E-state index in [0.717, 1.165) is 42.8 Å². The maximum atomic E-state index is 5.57. The molecule has 0 atom stereocenters. The van der Waals surface area contributed by atoms with Gasteiger partial charge in [0.05, 0.1) is 0 Å². The van der Waals surface area contributed by atoms with E-state index in [-0.39, 0.29) is 0 Å². The molecule has 3 aromatic rings. The topological polar surface area (TPSA) is 69.6 Å². The maximum Gasteiger partial charge on any atom is 0.279 e. The van der Waals surface area contributed by atoms with Crippen LogP contribution >= 0.6 is 0 Å². The predicted molar refractivity (Wildman–Crippen MR) is 95.0 cm³/mol. The first-order chi connectivity index (χ1) is 12.0. The Morgan fingerprint density at radius 2 is 2.16 bits per heavy atom. The van der Waals surface area contributed by atoms with E-state index in [1.165, 1.54) is 11.3 Å². The van der Waals surface area contributed by atoms with Crippen molar-refractivity contribution in [2.75, 3.05) is 0 Å². The number of nitrogens with zero attached hydrogens (tertiary/aromatic N) is 5. The number of pyridine rings is 1. The van der Waals surface area contributed by atoms with Crippen molar-refractivity contribution in [3.63, 3.8) is 0 Å². The molecular weight excluding hydrogens is 314 g/mol. The van der Waals surface area contributed by atoms with E-state index >= 15 is 0 Å². The second kappa shape index (κ2) is 5.79. The average Bonchev–Trinajstić information content (AvgIpc) is 3.18. The summed E-state index contributed by atoms with van der Waals surface area (Å²) < 4.78 is 7.66. The molecule has 6 heteroatoms. The van der Waals surface area contributed by atoms with Crippen LogP contribution in [0.3, 0.4) is 0 Å². The molecule has 0 aromatic carbocycles. The Balaban J connectivity index is 1.77. The number of rotatable bonds is 3. The summed E-state index contributed by atoms with van der Waals surface area (Å²) in [4.78, 5) is 8.91. The van der Waals surface area contributed by atoms with Crippen molar-refractivity contribution in [2.24, 2.45) is 5.41 Å². The van der Waals surface area contributed by atoms with E-state index in [2.05, 4.69) is 40.6 Å². The van der Waals surface area contributed by atoms with Gasteiger partial charge in [-0.2, -0.15) is 10.1 Å². The molecule has 0 aliphatic heterocycles. The Bertz CT molecular complexity index is 922. The Hall–Kier alpha value is -2.50. The highest BCUT2D eigenvalue weighted by atomic mass is 16.5. The van der Waals surface area contributed by atoms with Crippen molar-refractivity contribution in [3.05, 3.63) is 35.3 Å². The van der Waals surface area contributed by atoms with Crippen molar-refractivity contribution in [1.82, 2.24) is 24.9 Å². The number of fused-ring (bicyclic) bond motifs is 1. The normalized spacial score (nSPS) is 16.0. The van der Waals surface area contributed by atoms with Gasteiger partial charge in [-0.3, -0.25) is 9.67 Å². The Labute approximate surface area is 147 Å². The molecule has 0 saturated carbocycles. The number of aromatic nitrogens is 5. The molecule has 130 valence electrons. The van der Waals surface area contributed by atoms with Gasteiger partial charge >= 0.3 is 0 Å². The van der Waals surface area contributed by atoms with Crippen molar-refractivity contribution in [1.29, 1.82) is 0 Å². The van der Waals surface area contributed by atoms with Gasteiger partial charge in [-0.05, 0) is 50.7 Å². The molecule has 0 amide bonds. The van der Waals surface area contributed by atoms with E-state index in [4.69, 9.17) is 9.62 Å². The van der Waals surface area contributed by atoms with Crippen molar-refractivity contribution < 1.29 is 4.52 Å². The van der Waals surface area contributed by atoms with Crippen LogP contribution in [0.1, 0.15) is 44.1 Å². The highest BCUT2D eigenvalue weighted by Crippen LogP contribution is 2.39. The Kier molecular flexibility index (Phi) is 3.71. The minimum Gasteiger partial charge on any atom is -0.332 e. The lowest BCUT2D eigenvalue weighted by atomic mass is 9.76. The second-order valence-electron chi connectivity index (χ2n) is 7.49. The fourth-order valence-electron chi connectivity index (χ4n) is 3.58. The largest absolute Gasteiger partial charge is 0.332 e. The van der Waals surface area contributed by atoms with Crippen LogP contribution in [-0.2, 0) is 19.4 Å². The summed E-state index contributed by atoms with van der Waals surface area (Å²) in [5.74, 6) is 1.07. The van der Waals surface area contributed by atoms with Gasteiger partial charge < -0.3 is 4.52 Å². The van der Waals surface area contributed by atoms with Crippen LogP contribution in [0, 0.1) is 12.3 Å². The van der Waals surface area contributed by atoms with Crippen molar-refractivity contribution in [2.45, 2.75) is 53.5 Å². The predicted octanol–water partition coefficient (Wildman–Crippen LogP) is 3.84. The van der Waals surface area contributed by atoms with Crippen LogP contribution < -0.4 is 0 Å². The molecule has 1 aliphatic rings. The molecule has 1 aliphatic carbocycles. The standard InChI is InChI=1S/C19H23N5O/c1-5-24-15-11-19(3,4)9-8-14(15)16(22-24)18-21-17(23-25-18)13-7-6-10-20-12(13)2/h6-7,10H,5,8-9,11H2,1-4H3. The summed E-state index contributed by atoms with van der Waals surface area (Å²) in [7, 11) is 0. The SMILES string of the molecule is CCn1nc(-c2nc(-c3cccnc3C)no2)c2c1CC(C)(C)CC2. The molecule has 4 rings (SSSR count). The van der Waals surface area contributed by atoms with Gasteiger partial charge in [-0.1, -0.05) is 19.0 Å². The quantitative estimate of drug-likeness (QED) is 0.726. The van der Waals surface area contributed by atoms with Crippen LogP contribution in [0.5, 0.6) is 0 Å². The van der Waals surface area contributed by atoms with Crippen LogP contribution in [0.4, 0.5) is 0 Å². The van der Waals surface area contributed by atoms with Crippen LogP contribution in [0.2, 0.25) is 0 Å². The van der Waals surface area contributed by atoms with Gasteiger partial charge in [0.15, 0.2) is 5.69 Å². The molecule has 0 saturated heterocycles. The minimum atomic E-state index is 0.310. The van der Waals surface area contributed by atoms with E-state index < -0.39 is 0 Å². The molecule has 3 aromatic heterocycles. The van der Waals surface area contributed by atoms with Crippen molar-refractivity contribution >= 4 is 0 Å². The first-order valence-electron chi connectivity index (χ1n) is 8.83. The fraction of sp³-hybridized carbons (Fsp3) is 0.474. The molecule has 25 heavy (non-hydrogen) atoms. The zero-order valence-electron chi connectivity index (χ0n) is 15.2. The summed E-state index contributed by atoms with van der Waals surface area (Å²) in [6.07, 6.45) is 4.94. The zero-order valence-corrected chi connectivity index (χ0v) is 15.2. The third kappa shape index (κ3) is 2.75. The van der Waals surface area contributed by atoms with Gasteiger partial charge in [-0.15, -0.1) is 0 Å². The van der Waals surface area contributed by atoms with Gasteiger partial charge in [0.1, 0.15) is 0 Å². The van der Waals surface area contributed by atoms with E-state index in [0.29, 0.717) is 17.1 Å². The fourth-order valence-corrected chi connectivity index (χ4v) is 3.58. The molecular formula is C19H23N5O. The van der Waals surface area contributed by atoms with Crippen LogP contribution in [0.25, 0.3) is 23.0 Å². The van der Waals surface area contributed by atoms with E-state index in [9.17, 15) is 0 Å².